The van der Waals surface area contributed by atoms with Gasteiger partial charge >= 0.3 is 0 Å². The Bertz CT molecular complexity index is 737. The molecule has 1 aromatic carbocycles. The molecule has 0 aliphatic heterocycles. The third-order valence-electron chi connectivity index (χ3n) is 2.75. The van der Waals surface area contributed by atoms with Crippen LogP contribution in [0.2, 0.25) is 0 Å². The van der Waals surface area contributed by atoms with Crippen LogP contribution in [0.3, 0.4) is 0 Å². The summed E-state index contributed by atoms with van der Waals surface area (Å²) in [4.78, 5) is 0. The quantitative estimate of drug-likeness (QED) is 0.721. The first kappa shape index (κ1) is 17.0. The molecule has 0 unspecified atom stereocenters. The Kier molecular flexibility index (Phi) is 5.48. The normalized spacial score (nSPS) is 11.6. The average molecular weight is 455 g/mol. The van der Waals surface area contributed by atoms with E-state index in [9.17, 15) is 8.42 Å². The summed E-state index contributed by atoms with van der Waals surface area (Å²) in [5.74, 6) is 0. The van der Waals surface area contributed by atoms with Gasteiger partial charge in [0.05, 0.1) is 16.1 Å². The molecule has 0 fully saturated rings. The number of nitrogens with one attached hydrogen (secondary N) is 1. The van der Waals surface area contributed by atoms with Crippen LogP contribution in [0.25, 0.3) is 0 Å². The zero-order chi connectivity index (χ0) is 15.6. The molecular weight excluding hydrogens is 442 g/mol. The second-order valence-electron chi connectivity index (χ2n) is 4.33. The van der Waals surface area contributed by atoms with E-state index >= 15 is 0 Å². The van der Waals surface area contributed by atoms with Crippen LogP contribution in [0.1, 0.15) is 11.1 Å². The molecule has 0 saturated heterocycles. The van der Waals surface area contributed by atoms with Crippen LogP contribution in [0.4, 0.5) is 5.69 Å². The lowest BCUT2D eigenvalue weighted by molar-refractivity contribution is 0.185. The fourth-order valence-electron chi connectivity index (χ4n) is 1.70. The summed E-state index contributed by atoms with van der Waals surface area (Å²) >= 11 is 7.94. The lowest BCUT2D eigenvalue weighted by atomic mass is 10.2. The highest BCUT2D eigenvalue weighted by Crippen LogP contribution is 2.33. The minimum Gasteiger partial charge on any atom is -0.380 e. The monoisotopic (exact) mass is 453 g/mol. The highest BCUT2D eigenvalue weighted by Gasteiger charge is 2.20. The molecule has 0 aliphatic rings. The Morgan fingerprint density at radius 3 is 2.62 bits per heavy atom. The largest absolute Gasteiger partial charge is 0.380 e. The fourth-order valence-corrected chi connectivity index (χ4v) is 5.50. The zero-order valence-corrected chi connectivity index (χ0v) is 16.1. The van der Waals surface area contributed by atoms with Gasteiger partial charge in [-0.3, -0.25) is 4.72 Å². The van der Waals surface area contributed by atoms with Crippen molar-refractivity contribution in [3.8, 4) is 0 Å². The molecule has 2 rings (SSSR count). The van der Waals surface area contributed by atoms with Crippen molar-refractivity contribution < 1.29 is 13.2 Å². The van der Waals surface area contributed by atoms with E-state index < -0.39 is 10.0 Å². The molecule has 0 spiro atoms. The van der Waals surface area contributed by atoms with E-state index in [4.69, 9.17) is 4.74 Å². The molecule has 0 radical (unpaired) electrons. The minimum atomic E-state index is -3.61. The first-order valence-corrected chi connectivity index (χ1v) is 9.79. The standard InChI is InChI=1S/C13H13Br2NO3S2/c1-8-6-12(20-13(8)15)21(17,18)16-11-5-3-4-10(14)9(11)7-19-2/h3-6,16H,7H2,1-2H3. The molecule has 0 bridgehead atoms. The second-order valence-corrected chi connectivity index (χ2v) is 9.46. The van der Waals surface area contributed by atoms with Gasteiger partial charge in [0.1, 0.15) is 4.21 Å². The number of ether oxygens (including phenoxy) is 1. The number of thiophene rings is 1. The third kappa shape index (κ3) is 3.87. The third-order valence-corrected chi connectivity index (χ3v) is 7.47. The molecule has 8 heteroatoms. The van der Waals surface area contributed by atoms with Crippen LogP contribution in [-0.4, -0.2) is 15.5 Å². The van der Waals surface area contributed by atoms with E-state index in [1.165, 1.54) is 11.3 Å². The molecule has 1 heterocycles. The highest BCUT2D eigenvalue weighted by molar-refractivity contribution is 9.11. The van der Waals surface area contributed by atoms with E-state index in [1.807, 2.05) is 13.0 Å². The van der Waals surface area contributed by atoms with Gasteiger partial charge in [0, 0.05) is 17.1 Å². The molecule has 0 saturated carbocycles. The predicted octanol–water partition coefficient (Wildman–Crippen LogP) is 4.53. The SMILES string of the molecule is COCc1c(Br)cccc1NS(=O)(=O)c1cc(C)c(Br)s1. The number of aryl methyl sites for hydroxylation is 1. The van der Waals surface area contributed by atoms with Crippen molar-refractivity contribution in [2.24, 2.45) is 0 Å². The molecule has 0 amide bonds. The van der Waals surface area contributed by atoms with Crippen molar-refractivity contribution >= 4 is 58.9 Å². The van der Waals surface area contributed by atoms with Gasteiger partial charge in [-0.2, -0.15) is 0 Å². The molecule has 0 atom stereocenters. The summed E-state index contributed by atoms with van der Waals surface area (Å²) in [6.45, 7) is 2.17. The number of methoxy groups -OCH3 is 1. The van der Waals surface area contributed by atoms with Crippen LogP contribution in [-0.2, 0) is 21.4 Å². The summed E-state index contributed by atoms with van der Waals surface area (Å²) < 4.78 is 34.5. The van der Waals surface area contributed by atoms with Crippen molar-refractivity contribution in [2.75, 3.05) is 11.8 Å². The maximum Gasteiger partial charge on any atom is 0.271 e. The molecule has 114 valence electrons. The van der Waals surface area contributed by atoms with Crippen LogP contribution in [0.5, 0.6) is 0 Å². The topological polar surface area (TPSA) is 55.4 Å². The highest BCUT2D eigenvalue weighted by atomic mass is 79.9. The number of hydrogen-bond donors (Lipinski definition) is 1. The van der Waals surface area contributed by atoms with Crippen molar-refractivity contribution in [3.63, 3.8) is 0 Å². The van der Waals surface area contributed by atoms with Crippen molar-refractivity contribution in [1.29, 1.82) is 0 Å². The maximum absolute atomic E-state index is 12.5. The van der Waals surface area contributed by atoms with E-state index in [0.717, 1.165) is 19.4 Å². The molecule has 4 nitrogen and oxygen atoms in total. The number of benzene rings is 1. The lowest BCUT2D eigenvalue weighted by Gasteiger charge is -2.12. The van der Waals surface area contributed by atoms with Crippen molar-refractivity contribution in [3.05, 3.63) is 43.7 Å². The Labute approximate surface area is 144 Å². The predicted molar refractivity (Wildman–Crippen MR) is 92.4 cm³/mol. The maximum atomic E-state index is 12.5. The smallest absolute Gasteiger partial charge is 0.271 e. The van der Waals surface area contributed by atoms with Crippen molar-refractivity contribution in [2.45, 2.75) is 17.7 Å². The van der Waals surface area contributed by atoms with Gasteiger partial charge in [0.2, 0.25) is 0 Å². The summed E-state index contributed by atoms with van der Waals surface area (Å²) in [6, 6.07) is 6.98. The van der Waals surface area contributed by atoms with E-state index in [2.05, 4.69) is 36.6 Å². The van der Waals surface area contributed by atoms with Crippen LogP contribution >= 0.6 is 43.2 Å². The summed E-state index contributed by atoms with van der Waals surface area (Å²) in [5, 5.41) is 0. The van der Waals surface area contributed by atoms with Gasteiger partial charge < -0.3 is 4.74 Å². The van der Waals surface area contributed by atoms with Gasteiger partial charge in [-0.15, -0.1) is 11.3 Å². The number of anilines is 1. The number of halogens is 2. The van der Waals surface area contributed by atoms with Gasteiger partial charge in [-0.25, -0.2) is 8.42 Å². The number of rotatable bonds is 5. The minimum absolute atomic E-state index is 0.273. The summed E-state index contributed by atoms with van der Waals surface area (Å²) in [6.07, 6.45) is 0. The van der Waals surface area contributed by atoms with E-state index in [1.54, 1.807) is 25.3 Å². The molecule has 0 aliphatic carbocycles. The fraction of sp³-hybridized carbons (Fsp3) is 0.231. The second kappa shape index (κ2) is 6.78. The van der Waals surface area contributed by atoms with Crippen LogP contribution in [0.15, 0.2) is 36.7 Å². The Morgan fingerprint density at radius 2 is 2.05 bits per heavy atom. The Morgan fingerprint density at radius 1 is 1.33 bits per heavy atom. The Hall–Kier alpha value is -0.410. The van der Waals surface area contributed by atoms with Crippen molar-refractivity contribution in [1.82, 2.24) is 0 Å². The molecule has 2 aromatic rings. The molecular formula is C13H13Br2NO3S2. The van der Waals surface area contributed by atoms with Gasteiger partial charge in [-0.1, -0.05) is 22.0 Å². The Balaban J connectivity index is 2.39. The summed E-state index contributed by atoms with van der Waals surface area (Å²) in [7, 11) is -2.04. The van der Waals surface area contributed by atoms with E-state index in [-0.39, 0.29) is 4.21 Å². The molecule has 21 heavy (non-hydrogen) atoms. The summed E-state index contributed by atoms with van der Waals surface area (Å²) in [5.41, 5.74) is 2.16. The zero-order valence-electron chi connectivity index (χ0n) is 11.3. The van der Waals surface area contributed by atoms with Crippen LogP contribution in [0, 0.1) is 6.92 Å². The van der Waals surface area contributed by atoms with Crippen LogP contribution < -0.4 is 4.72 Å². The molecule has 1 N–H and O–H groups in total. The van der Waals surface area contributed by atoms with Gasteiger partial charge in [0.25, 0.3) is 10.0 Å². The molecule has 1 aromatic heterocycles. The van der Waals surface area contributed by atoms with E-state index in [0.29, 0.717) is 12.3 Å². The average Bonchev–Trinajstić information content (AvgIpc) is 2.74. The van der Waals surface area contributed by atoms with Gasteiger partial charge in [-0.05, 0) is 46.6 Å². The lowest BCUT2D eigenvalue weighted by Crippen LogP contribution is -2.13. The first-order chi connectivity index (χ1) is 9.85. The van der Waals surface area contributed by atoms with Gasteiger partial charge in [0.15, 0.2) is 0 Å². The number of sulfonamides is 1. The number of hydrogen-bond acceptors (Lipinski definition) is 4. The first-order valence-electron chi connectivity index (χ1n) is 5.90.